The van der Waals surface area contributed by atoms with Crippen LogP contribution in [0, 0.1) is 12.3 Å². The summed E-state index contributed by atoms with van der Waals surface area (Å²) in [5.74, 6) is 3.03. The van der Waals surface area contributed by atoms with E-state index in [2.05, 4.69) is 20.9 Å². The molecule has 92 valence electrons. The van der Waals surface area contributed by atoms with Gasteiger partial charge in [-0.05, 0) is 11.6 Å². The van der Waals surface area contributed by atoms with Crippen LogP contribution in [-0.2, 0) is 6.54 Å². The number of nitrogen functional groups attached to an aromatic ring is 1. The summed E-state index contributed by atoms with van der Waals surface area (Å²) >= 11 is 0. The molecule has 0 atom stereocenters. The predicted molar refractivity (Wildman–Crippen MR) is 73.2 cm³/mol. The van der Waals surface area contributed by atoms with E-state index in [1.54, 1.807) is 6.20 Å². The quantitative estimate of drug-likeness (QED) is 0.698. The van der Waals surface area contributed by atoms with Crippen LogP contribution in [0.1, 0.15) is 11.1 Å². The van der Waals surface area contributed by atoms with Crippen LogP contribution >= 0.6 is 0 Å². The minimum absolute atomic E-state index is 0.405. The minimum atomic E-state index is 0.405. The van der Waals surface area contributed by atoms with Crippen molar-refractivity contribution in [2.24, 2.45) is 0 Å². The number of terminal acetylenes is 1. The number of hydrogen-bond donors (Lipinski definition) is 1. The zero-order valence-electron chi connectivity index (χ0n) is 10.1. The van der Waals surface area contributed by atoms with Gasteiger partial charge in [-0.2, -0.15) is 0 Å². The Hall–Kier alpha value is -2.87. The molecule has 0 aliphatic rings. The van der Waals surface area contributed by atoms with Crippen LogP contribution < -0.4 is 5.73 Å². The second-order valence-corrected chi connectivity index (χ2v) is 4.13. The first-order valence-corrected chi connectivity index (χ1v) is 5.74. The lowest BCUT2D eigenvalue weighted by molar-refractivity contribution is 0.818. The second kappa shape index (κ2) is 4.42. The Morgan fingerprint density at radius 2 is 2.26 bits per heavy atom. The van der Waals surface area contributed by atoms with Gasteiger partial charge in [-0.3, -0.25) is 4.98 Å². The number of nitrogens with zero attached hydrogens (tertiary/aromatic N) is 4. The molecule has 0 spiro atoms. The minimum Gasteiger partial charge on any atom is -0.383 e. The van der Waals surface area contributed by atoms with Gasteiger partial charge >= 0.3 is 0 Å². The SMILES string of the molecule is C#Cc1cn(Cc2cccnc2)c2ncnc(N)c12. The Kier molecular flexibility index (Phi) is 2.62. The molecule has 0 amide bonds. The molecule has 19 heavy (non-hydrogen) atoms. The Morgan fingerprint density at radius 3 is 3.00 bits per heavy atom. The normalized spacial score (nSPS) is 10.5. The molecule has 3 heterocycles. The van der Waals surface area contributed by atoms with E-state index < -0.39 is 0 Å². The first-order valence-electron chi connectivity index (χ1n) is 5.74. The van der Waals surface area contributed by atoms with Crippen molar-refractivity contribution in [3.8, 4) is 12.3 Å². The Balaban J connectivity index is 2.15. The van der Waals surface area contributed by atoms with E-state index in [1.807, 2.05) is 29.1 Å². The monoisotopic (exact) mass is 249 g/mol. The molecule has 0 radical (unpaired) electrons. The third-order valence-corrected chi connectivity index (χ3v) is 2.91. The van der Waals surface area contributed by atoms with Gasteiger partial charge in [-0.1, -0.05) is 12.0 Å². The van der Waals surface area contributed by atoms with E-state index in [0.717, 1.165) is 16.6 Å². The number of fused-ring (bicyclic) bond motifs is 1. The number of aromatic nitrogens is 4. The molecule has 0 aliphatic heterocycles. The van der Waals surface area contributed by atoms with E-state index in [-0.39, 0.29) is 0 Å². The van der Waals surface area contributed by atoms with Crippen LogP contribution in [0.5, 0.6) is 0 Å². The van der Waals surface area contributed by atoms with Crippen LogP contribution in [0.25, 0.3) is 11.0 Å². The average Bonchev–Trinajstić information content (AvgIpc) is 2.80. The lowest BCUT2D eigenvalue weighted by Gasteiger charge is -2.04. The van der Waals surface area contributed by atoms with Crippen molar-refractivity contribution >= 4 is 16.9 Å². The summed E-state index contributed by atoms with van der Waals surface area (Å²) in [4.78, 5) is 12.3. The number of anilines is 1. The Labute approximate surface area is 110 Å². The molecule has 3 aromatic heterocycles. The fourth-order valence-electron chi connectivity index (χ4n) is 2.07. The van der Waals surface area contributed by atoms with Crippen molar-refractivity contribution in [1.82, 2.24) is 19.5 Å². The van der Waals surface area contributed by atoms with Crippen LogP contribution in [-0.4, -0.2) is 19.5 Å². The molecule has 0 bridgehead atoms. The first-order chi connectivity index (χ1) is 9.29. The maximum absolute atomic E-state index is 5.87. The predicted octanol–water partition coefficient (Wildman–Crippen LogP) is 1.44. The van der Waals surface area contributed by atoms with Crippen LogP contribution in [0.15, 0.2) is 37.1 Å². The van der Waals surface area contributed by atoms with Gasteiger partial charge in [0.15, 0.2) is 0 Å². The maximum atomic E-state index is 5.87. The molecule has 3 aromatic rings. The molecule has 3 rings (SSSR count). The van der Waals surface area contributed by atoms with Gasteiger partial charge in [-0.15, -0.1) is 6.42 Å². The van der Waals surface area contributed by atoms with Gasteiger partial charge in [0, 0.05) is 18.6 Å². The molecular weight excluding hydrogens is 238 g/mol. The van der Waals surface area contributed by atoms with Crippen molar-refractivity contribution < 1.29 is 0 Å². The van der Waals surface area contributed by atoms with Crippen molar-refractivity contribution in [2.45, 2.75) is 6.54 Å². The van der Waals surface area contributed by atoms with E-state index in [1.165, 1.54) is 6.33 Å². The smallest absolute Gasteiger partial charge is 0.147 e. The summed E-state index contributed by atoms with van der Waals surface area (Å²) in [7, 11) is 0. The third kappa shape index (κ3) is 1.89. The summed E-state index contributed by atoms with van der Waals surface area (Å²) < 4.78 is 1.96. The van der Waals surface area contributed by atoms with Crippen LogP contribution in [0.2, 0.25) is 0 Å². The molecule has 0 unspecified atom stereocenters. The number of hydrogen-bond acceptors (Lipinski definition) is 4. The number of nitrogens with two attached hydrogens (primary N) is 1. The molecule has 0 aromatic carbocycles. The second-order valence-electron chi connectivity index (χ2n) is 4.13. The highest BCUT2D eigenvalue weighted by atomic mass is 15.1. The molecule has 0 aliphatic carbocycles. The summed E-state index contributed by atoms with van der Waals surface area (Å²) in [5.41, 5.74) is 8.38. The average molecular weight is 249 g/mol. The topological polar surface area (TPSA) is 69.6 Å². The molecule has 0 fully saturated rings. The zero-order valence-corrected chi connectivity index (χ0v) is 10.1. The Morgan fingerprint density at radius 1 is 1.37 bits per heavy atom. The van der Waals surface area contributed by atoms with E-state index in [9.17, 15) is 0 Å². The highest BCUT2D eigenvalue weighted by Gasteiger charge is 2.12. The highest BCUT2D eigenvalue weighted by Crippen LogP contribution is 2.23. The van der Waals surface area contributed by atoms with Gasteiger partial charge in [0.25, 0.3) is 0 Å². The molecular formula is C14H11N5. The lowest BCUT2D eigenvalue weighted by atomic mass is 10.2. The Bertz CT molecular complexity index is 768. The van der Waals surface area contributed by atoms with Gasteiger partial charge in [0.05, 0.1) is 17.5 Å². The molecule has 2 N–H and O–H groups in total. The van der Waals surface area contributed by atoms with Crippen LogP contribution in [0.3, 0.4) is 0 Å². The summed E-state index contributed by atoms with van der Waals surface area (Å²) in [6.45, 7) is 0.641. The molecule has 0 saturated heterocycles. The van der Waals surface area contributed by atoms with Crippen molar-refractivity contribution in [3.05, 3.63) is 48.2 Å². The maximum Gasteiger partial charge on any atom is 0.147 e. The van der Waals surface area contributed by atoms with Gasteiger partial charge in [0.1, 0.15) is 17.8 Å². The van der Waals surface area contributed by atoms with E-state index >= 15 is 0 Å². The van der Waals surface area contributed by atoms with Crippen molar-refractivity contribution in [1.29, 1.82) is 0 Å². The summed E-state index contributed by atoms with van der Waals surface area (Å²) in [6, 6.07) is 3.89. The van der Waals surface area contributed by atoms with Gasteiger partial charge in [0.2, 0.25) is 0 Å². The number of rotatable bonds is 2. The fraction of sp³-hybridized carbons (Fsp3) is 0.0714. The van der Waals surface area contributed by atoms with Gasteiger partial charge < -0.3 is 10.3 Å². The standard InChI is InChI=1S/C14H11N5/c1-2-11-8-19(7-10-4-3-5-16-6-10)14-12(11)13(15)17-9-18-14/h1,3-6,8-9H,7H2,(H2,15,17,18). The lowest BCUT2D eigenvalue weighted by Crippen LogP contribution is -2.00. The van der Waals surface area contributed by atoms with Crippen molar-refractivity contribution in [3.63, 3.8) is 0 Å². The van der Waals surface area contributed by atoms with Crippen molar-refractivity contribution in [2.75, 3.05) is 5.73 Å². The van der Waals surface area contributed by atoms with Crippen LogP contribution in [0.4, 0.5) is 5.82 Å². The number of pyridine rings is 1. The first kappa shape index (κ1) is 11.2. The molecule has 5 heteroatoms. The van der Waals surface area contributed by atoms with E-state index in [0.29, 0.717) is 17.9 Å². The molecule has 0 saturated carbocycles. The largest absolute Gasteiger partial charge is 0.383 e. The summed E-state index contributed by atoms with van der Waals surface area (Å²) in [6.07, 6.45) is 12.4. The zero-order chi connectivity index (χ0) is 13.2. The summed E-state index contributed by atoms with van der Waals surface area (Å²) in [5, 5.41) is 0.730. The fourth-order valence-corrected chi connectivity index (χ4v) is 2.07. The molecule has 5 nitrogen and oxygen atoms in total. The third-order valence-electron chi connectivity index (χ3n) is 2.91. The highest BCUT2D eigenvalue weighted by molar-refractivity contribution is 5.92. The van der Waals surface area contributed by atoms with Gasteiger partial charge in [-0.25, -0.2) is 9.97 Å². The van der Waals surface area contributed by atoms with E-state index in [4.69, 9.17) is 12.2 Å².